The molecule has 0 aliphatic rings. The van der Waals surface area contributed by atoms with Crippen LogP contribution >= 0.6 is 0 Å². The highest BCUT2D eigenvalue weighted by molar-refractivity contribution is 7.92. The molecule has 8 heteroatoms. The van der Waals surface area contributed by atoms with Gasteiger partial charge in [0.25, 0.3) is 0 Å². The van der Waals surface area contributed by atoms with E-state index in [1.807, 2.05) is 37.3 Å². The summed E-state index contributed by atoms with van der Waals surface area (Å²) < 4.78 is 36.1. The summed E-state index contributed by atoms with van der Waals surface area (Å²) in [5, 5.41) is 2.91. The lowest BCUT2D eigenvalue weighted by Crippen LogP contribution is -2.41. The maximum Gasteiger partial charge on any atom is 0.241 e. The molecule has 0 heterocycles. The van der Waals surface area contributed by atoms with Crippen LogP contribution in [0.4, 0.5) is 5.69 Å². The molecular formula is C20H26N2O5S. The predicted octanol–water partition coefficient (Wildman–Crippen LogP) is 2.74. The summed E-state index contributed by atoms with van der Waals surface area (Å²) in [5.41, 5.74) is 1.29. The quantitative estimate of drug-likeness (QED) is 0.692. The van der Waals surface area contributed by atoms with E-state index >= 15 is 0 Å². The van der Waals surface area contributed by atoms with E-state index in [1.54, 1.807) is 12.1 Å². The first-order valence-electron chi connectivity index (χ1n) is 8.84. The van der Waals surface area contributed by atoms with Gasteiger partial charge in [0.2, 0.25) is 15.9 Å². The lowest BCUT2D eigenvalue weighted by molar-refractivity contribution is -0.120. The number of amides is 1. The number of sulfonamides is 1. The number of carbonyl (C=O) groups excluding carboxylic acids is 1. The molecule has 0 fully saturated rings. The van der Waals surface area contributed by atoms with E-state index in [0.29, 0.717) is 23.6 Å². The zero-order valence-electron chi connectivity index (χ0n) is 16.5. The molecule has 1 amide bonds. The van der Waals surface area contributed by atoms with E-state index < -0.39 is 15.9 Å². The van der Waals surface area contributed by atoms with Crippen molar-refractivity contribution in [3.8, 4) is 11.5 Å². The Morgan fingerprint density at radius 1 is 1.07 bits per heavy atom. The average Bonchev–Trinajstić information content (AvgIpc) is 2.69. The molecule has 2 rings (SSSR count). The Balaban J connectivity index is 2.24. The Bertz CT molecular complexity index is 900. The summed E-state index contributed by atoms with van der Waals surface area (Å²) >= 11 is 0. The third-order valence-electron chi connectivity index (χ3n) is 4.29. The number of benzene rings is 2. The van der Waals surface area contributed by atoms with Gasteiger partial charge in [-0.25, -0.2) is 8.42 Å². The Morgan fingerprint density at radius 3 is 2.25 bits per heavy atom. The largest absolute Gasteiger partial charge is 0.493 e. The van der Waals surface area contributed by atoms with Gasteiger partial charge in [0, 0.05) is 6.07 Å². The van der Waals surface area contributed by atoms with Crippen LogP contribution in [0.25, 0.3) is 0 Å². The SMILES string of the molecule is CC[C@@H](NC(=O)CN(c1ccc(OC)c(OC)c1)S(C)(=O)=O)c1ccccc1. The van der Waals surface area contributed by atoms with Crippen LogP contribution in [0.15, 0.2) is 48.5 Å². The molecule has 1 N–H and O–H groups in total. The second-order valence-electron chi connectivity index (χ2n) is 6.25. The third-order valence-corrected chi connectivity index (χ3v) is 5.43. The van der Waals surface area contributed by atoms with Gasteiger partial charge in [0.15, 0.2) is 11.5 Å². The van der Waals surface area contributed by atoms with Crippen molar-refractivity contribution in [3.05, 3.63) is 54.1 Å². The van der Waals surface area contributed by atoms with Crippen LogP contribution in [0.1, 0.15) is 24.9 Å². The van der Waals surface area contributed by atoms with Gasteiger partial charge in [-0.1, -0.05) is 37.3 Å². The Hall–Kier alpha value is -2.74. The number of nitrogens with one attached hydrogen (secondary N) is 1. The second kappa shape index (κ2) is 9.45. The third kappa shape index (κ3) is 5.39. The van der Waals surface area contributed by atoms with Crippen LogP contribution in [0, 0.1) is 0 Å². The van der Waals surface area contributed by atoms with Gasteiger partial charge in [0.05, 0.1) is 32.2 Å². The van der Waals surface area contributed by atoms with Crippen LogP contribution in [-0.4, -0.2) is 41.3 Å². The standard InChI is InChI=1S/C20H26N2O5S/c1-5-17(15-9-7-6-8-10-15)21-20(23)14-22(28(4,24)25)16-11-12-18(26-2)19(13-16)27-3/h6-13,17H,5,14H2,1-4H3,(H,21,23)/t17-/m1/s1. The van der Waals surface area contributed by atoms with Crippen LogP contribution in [0.3, 0.4) is 0 Å². The Morgan fingerprint density at radius 2 is 1.71 bits per heavy atom. The smallest absolute Gasteiger partial charge is 0.241 e. The van der Waals surface area contributed by atoms with E-state index in [-0.39, 0.29) is 12.6 Å². The molecule has 0 saturated carbocycles. The number of ether oxygens (including phenoxy) is 2. The van der Waals surface area contributed by atoms with Crippen molar-refractivity contribution in [1.82, 2.24) is 5.32 Å². The molecule has 152 valence electrons. The molecule has 28 heavy (non-hydrogen) atoms. The molecule has 2 aromatic rings. The number of carbonyl (C=O) groups is 1. The fraction of sp³-hybridized carbons (Fsp3) is 0.350. The summed E-state index contributed by atoms with van der Waals surface area (Å²) in [4.78, 5) is 12.6. The molecule has 0 radical (unpaired) electrons. The number of nitrogens with zero attached hydrogens (tertiary/aromatic N) is 1. The van der Waals surface area contributed by atoms with E-state index in [4.69, 9.17) is 9.47 Å². The summed E-state index contributed by atoms with van der Waals surface area (Å²) in [6.45, 7) is 1.62. The Labute approximate surface area is 166 Å². The van der Waals surface area contributed by atoms with Crippen LogP contribution in [0.2, 0.25) is 0 Å². The van der Waals surface area contributed by atoms with Crippen molar-refractivity contribution in [2.24, 2.45) is 0 Å². The minimum absolute atomic E-state index is 0.194. The highest BCUT2D eigenvalue weighted by atomic mass is 32.2. The van der Waals surface area contributed by atoms with Gasteiger partial charge in [0.1, 0.15) is 6.54 Å². The maximum absolute atomic E-state index is 12.6. The number of hydrogen-bond donors (Lipinski definition) is 1. The molecule has 0 bridgehead atoms. The number of rotatable bonds is 9. The van der Waals surface area contributed by atoms with Gasteiger partial charge in [-0.2, -0.15) is 0 Å². The summed E-state index contributed by atoms with van der Waals surface area (Å²) in [6.07, 6.45) is 1.75. The molecular weight excluding hydrogens is 380 g/mol. The molecule has 2 aromatic carbocycles. The first kappa shape index (κ1) is 21.6. The first-order valence-corrected chi connectivity index (χ1v) is 10.7. The maximum atomic E-state index is 12.6. The molecule has 1 atom stereocenters. The van der Waals surface area contributed by atoms with Crippen molar-refractivity contribution in [3.63, 3.8) is 0 Å². The fourth-order valence-corrected chi connectivity index (χ4v) is 3.71. The van der Waals surface area contributed by atoms with Crippen LogP contribution < -0.4 is 19.1 Å². The van der Waals surface area contributed by atoms with Gasteiger partial charge >= 0.3 is 0 Å². The topological polar surface area (TPSA) is 84.9 Å². The van der Waals surface area contributed by atoms with Crippen molar-refractivity contribution in [2.45, 2.75) is 19.4 Å². The van der Waals surface area contributed by atoms with Crippen molar-refractivity contribution >= 4 is 21.6 Å². The van der Waals surface area contributed by atoms with Crippen molar-refractivity contribution in [2.75, 3.05) is 31.3 Å². The number of anilines is 1. The molecule has 0 saturated heterocycles. The second-order valence-corrected chi connectivity index (χ2v) is 8.15. The highest BCUT2D eigenvalue weighted by Gasteiger charge is 2.23. The summed E-state index contributed by atoms with van der Waals surface area (Å²) in [5.74, 6) is 0.458. The zero-order chi connectivity index (χ0) is 20.7. The van der Waals surface area contributed by atoms with Gasteiger partial charge < -0.3 is 14.8 Å². The highest BCUT2D eigenvalue weighted by Crippen LogP contribution is 2.32. The zero-order valence-corrected chi connectivity index (χ0v) is 17.3. The Kier molecular flexibility index (Phi) is 7.28. The van der Waals surface area contributed by atoms with Crippen LogP contribution in [0.5, 0.6) is 11.5 Å². The summed E-state index contributed by atoms with van der Waals surface area (Å²) in [7, 11) is -0.732. The van der Waals surface area contributed by atoms with Gasteiger partial charge in [-0.15, -0.1) is 0 Å². The predicted molar refractivity (Wildman–Crippen MR) is 109 cm³/mol. The van der Waals surface area contributed by atoms with E-state index in [1.165, 1.54) is 20.3 Å². The fourth-order valence-electron chi connectivity index (χ4n) is 2.86. The lowest BCUT2D eigenvalue weighted by Gasteiger charge is -2.24. The van der Waals surface area contributed by atoms with Gasteiger partial charge in [-0.3, -0.25) is 9.10 Å². The van der Waals surface area contributed by atoms with Crippen molar-refractivity contribution in [1.29, 1.82) is 0 Å². The number of hydrogen-bond acceptors (Lipinski definition) is 5. The lowest BCUT2D eigenvalue weighted by atomic mass is 10.0. The summed E-state index contributed by atoms with van der Waals surface area (Å²) in [6, 6.07) is 14.1. The molecule has 0 spiro atoms. The van der Waals surface area contributed by atoms with E-state index in [0.717, 1.165) is 16.1 Å². The molecule has 7 nitrogen and oxygen atoms in total. The normalized spacial score (nSPS) is 12.1. The van der Waals surface area contributed by atoms with E-state index in [2.05, 4.69) is 5.32 Å². The minimum atomic E-state index is -3.69. The minimum Gasteiger partial charge on any atom is -0.493 e. The van der Waals surface area contributed by atoms with E-state index in [9.17, 15) is 13.2 Å². The monoisotopic (exact) mass is 406 g/mol. The molecule has 0 aliphatic heterocycles. The molecule has 0 unspecified atom stereocenters. The van der Waals surface area contributed by atoms with Crippen LogP contribution in [-0.2, 0) is 14.8 Å². The van der Waals surface area contributed by atoms with Crippen molar-refractivity contribution < 1.29 is 22.7 Å². The molecule has 0 aromatic heterocycles. The van der Waals surface area contributed by atoms with Gasteiger partial charge in [-0.05, 0) is 24.1 Å². The molecule has 0 aliphatic carbocycles. The number of methoxy groups -OCH3 is 2. The average molecular weight is 407 g/mol. The first-order chi connectivity index (χ1) is 13.3.